The molecule has 3 aliphatic heterocycles. The van der Waals surface area contributed by atoms with Gasteiger partial charge in [0.05, 0.1) is 5.54 Å². The first-order valence-electron chi connectivity index (χ1n) is 28.6. The molecule has 0 aromatic heterocycles. The van der Waals surface area contributed by atoms with Crippen LogP contribution in [0.25, 0.3) is 0 Å². The normalized spacial score (nSPS) is 26.0. The first-order valence-corrected chi connectivity index (χ1v) is 28.6. The first-order chi connectivity index (χ1) is 34.3. The van der Waals surface area contributed by atoms with E-state index in [1.165, 1.54) is 146 Å². The van der Waals surface area contributed by atoms with Crippen LogP contribution in [0.4, 0.5) is 45.5 Å². The van der Waals surface area contributed by atoms with E-state index < -0.39 is 0 Å². The quantitative estimate of drug-likeness (QED) is 0.163. The summed E-state index contributed by atoms with van der Waals surface area (Å²) in [5, 5.41) is 0. The lowest BCUT2D eigenvalue weighted by molar-refractivity contribution is 0.330. The van der Waals surface area contributed by atoms with Gasteiger partial charge in [0.2, 0.25) is 0 Å². The smallest absolute Gasteiger partial charge is 0.252 e. The molecule has 1 fully saturated rings. The summed E-state index contributed by atoms with van der Waals surface area (Å²) in [6.45, 7) is 35.2. The fourth-order valence-corrected chi connectivity index (χ4v) is 17.1. The molecule has 0 N–H and O–H groups in total. The fourth-order valence-electron chi connectivity index (χ4n) is 17.1. The van der Waals surface area contributed by atoms with Crippen molar-refractivity contribution < 1.29 is 0 Å². The molecule has 8 aliphatic rings. The third-order valence-corrected chi connectivity index (χ3v) is 21.6. The average molecular weight is 962 g/mol. The molecule has 0 spiro atoms. The Bertz CT molecular complexity index is 3420. The monoisotopic (exact) mass is 962 g/mol. The van der Waals surface area contributed by atoms with Crippen molar-refractivity contribution in [3.05, 3.63) is 147 Å². The Balaban J connectivity index is 1.13. The second-order valence-electron chi connectivity index (χ2n) is 29.7. The lowest BCUT2D eigenvalue weighted by atomic mass is 9.33. The average Bonchev–Trinajstić information content (AvgIpc) is 4.00. The van der Waals surface area contributed by atoms with Gasteiger partial charge in [0.25, 0.3) is 6.71 Å². The van der Waals surface area contributed by atoms with Crippen molar-refractivity contribution in [1.29, 1.82) is 0 Å². The van der Waals surface area contributed by atoms with Gasteiger partial charge in [0.1, 0.15) is 0 Å². The Hall–Kier alpha value is -5.22. The topological polar surface area (TPSA) is 9.72 Å². The summed E-state index contributed by atoms with van der Waals surface area (Å²) in [5.41, 5.74) is 29.6. The lowest BCUT2D eigenvalue weighted by Crippen LogP contribution is -2.62. The van der Waals surface area contributed by atoms with Gasteiger partial charge < -0.3 is 14.7 Å². The van der Waals surface area contributed by atoms with Crippen LogP contribution in [0, 0.1) is 10.8 Å². The number of fused-ring (bicyclic) bond motifs is 11. The van der Waals surface area contributed by atoms with Crippen molar-refractivity contribution in [2.75, 3.05) is 14.7 Å². The molecule has 2 atom stereocenters. The summed E-state index contributed by atoms with van der Waals surface area (Å²) in [6.07, 6.45) is 12.9. The molecule has 6 aromatic carbocycles. The minimum Gasteiger partial charge on any atom is -0.334 e. The SMILES string of the molecule is CC1(C)Cc2ccc(N3c4cc5c(cc4B4c6cc7c(cc6N(c6ccc8c(c6)C(C)(C)CCC8(C)C)c6cc(N8c9ccccc9C9(C)CCCC89C)cc3c64)C(C)(C)CCC7(C)C)CC(C)(C)C5)cc2C1. The maximum Gasteiger partial charge on any atom is 0.252 e. The van der Waals surface area contributed by atoms with Crippen LogP contribution in [0.2, 0.25) is 0 Å². The minimum absolute atomic E-state index is 0.0479. The van der Waals surface area contributed by atoms with Crippen molar-refractivity contribution in [1.82, 2.24) is 0 Å². The molecule has 14 rings (SSSR count). The second-order valence-corrected chi connectivity index (χ2v) is 29.7. The molecule has 0 amide bonds. The number of anilines is 8. The number of rotatable bonds is 3. The molecule has 2 unspecified atom stereocenters. The van der Waals surface area contributed by atoms with Gasteiger partial charge in [0.15, 0.2) is 0 Å². The van der Waals surface area contributed by atoms with Gasteiger partial charge in [0, 0.05) is 50.9 Å². The molecule has 0 bridgehead atoms. The van der Waals surface area contributed by atoms with Gasteiger partial charge in [-0.25, -0.2) is 0 Å². The fraction of sp³-hybridized carbons (Fsp3) is 0.478. The molecule has 0 radical (unpaired) electrons. The molecular weight excluding hydrogens is 882 g/mol. The Morgan fingerprint density at radius 1 is 0.370 bits per heavy atom. The number of nitrogens with zero attached hydrogens (tertiary/aromatic N) is 3. The summed E-state index contributed by atoms with van der Waals surface area (Å²) in [7, 11) is 0. The van der Waals surface area contributed by atoms with Crippen LogP contribution in [-0.2, 0) is 52.8 Å². The molecule has 0 saturated heterocycles. The molecule has 1 saturated carbocycles. The highest BCUT2D eigenvalue weighted by atomic mass is 15.3. The Morgan fingerprint density at radius 2 is 0.877 bits per heavy atom. The third kappa shape index (κ3) is 6.31. The second kappa shape index (κ2) is 14.4. The van der Waals surface area contributed by atoms with Crippen molar-refractivity contribution in [3.8, 4) is 0 Å². The van der Waals surface area contributed by atoms with E-state index in [1.54, 1.807) is 11.1 Å². The molecule has 4 heteroatoms. The van der Waals surface area contributed by atoms with Crippen molar-refractivity contribution in [2.24, 2.45) is 10.8 Å². The molecular formula is C69H80BN3. The van der Waals surface area contributed by atoms with E-state index in [0.29, 0.717) is 0 Å². The Labute approximate surface area is 439 Å². The standard InChI is InChI=1S/C69H80BN3/c1-62(2)38-42-20-21-46(30-43(42)39-62)71-57-32-45-41-63(3,4)40-44(45)31-54(57)70-55-36-52-53(67(11,12)29-28-66(52,9)10)37-58(55)72(47-22-23-49-51(33-47)65(7,8)27-26-64(49,5)6)60-35-48(34-59(71)61(60)70)73-56-19-16-15-18-50(56)68(13)24-17-25-69(68,73)14/h15-16,18-23,30-37H,17,24-29,38-41H2,1-14H3. The van der Waals surface area contributed by atoms with Gasteiger partial charge in [-0.05, 0) is 225 Å². The van der Waals surface area contributed by atoms with Crippen LogP contribution in [0.1, 0.15) is 192 Å². The number of benzene rings is 6. The molecule has 3 heterocycles. The molecule has 5 aliphatic carbocycles. The number of para-hydroxylation sites is 1. The van der Waals surface area contributed by atoms with E-state index in [2.05, 4.69) is 209 Å². The van der Waals surface area contributed by atoms with Crippen LogP contribution in [-0.4, -0.2) is 12.3 Å². The van der Waals surface area contributed by atoms with Gasteiger partial charge in [-0.3, -0.25) is 0 Å². The Kier molecular flexibility index (Phi) is 9.12. The summed E-state index contributed by atoms with van der Waals surface area (Å²) < 4.78 is 0. The first kappa shape index (κ1) is 46.3. The van der Waals surface area contributed by atoms with Crippen molar-refractivity contribution in [2.45, 2.75) is 200 Å². The third-order valence-electron chi connectivity index (χ3n) is 21.6. The largest absolute Gasteiger partial charge is 0.334 e. The van der Waals surface area contributed by atoms with E-state index in [-0.39, 0.29) is 50.2 Å². The minimum atomic E-state index is -0.0759. The summed E-state index contributed by atoms with van der Waals surface area (Å²) in [6, 6.07) is 41.0. The van der Waals surface area contributed by atoms with Gasteiger partial charge in [-0.2, -0.15) is 0 Å². The van der Waals surface area contributed by atoms with Crippen LogP contribution >= 0.6 is 0 Å². The number of hydrogen-bond donors (Lipinski definition) is 0. The molecule has 3 nitrogen and oxygen atoms in total. The highest BCUT2D eigenvalue weighted by molar-refractivity contribution is 7.00. The predicted octanol–water partition coefficient (Wildman–Crippen LogP) is 16.1. The maximum absolute atomic E-state index is 2.84. The van der Waals surface area contributed by atoms with Gasteiger partial charge in [-0.15, -0.1) is 0 Å². The zero-order valence-corrected chi connectivity index (χ0v) is 46.9. The van der Waals surface area contributed by atoms with Crippen LogP contribution in [0.5, 0.6) is 0 Å². The van der Waals surface area contributed by atoms with E-state index in [4.69, 9.17) is 0 Å². The van der Waals surface area contributed by atoms with Crippen molar-refractivity contribution >= 4 is 68.6 Å². The van der Waals surface area contributed by atoms with Crippen LogP contribution in [0.3, 0.4) is 0 Å². The zero-order chi connectivity index (χ0) is 50.9. The summed E-state index contributed by atoms with van der Waals surface area (Å²) >= 11 is 0. The molecule has 73 heavy (non-hydrogen) atoms. The van der Waals surface area contributed by atoms with E-state index >= 15 is 0 Å². The van der Waals surface area contributed by atoms with Gasteiger partial charge in [-0.1, -0.05) is 139 Å². The van der Waals surface area contributed by atoms with E-state index in [1.807, 2.05) is 0 Å². The summed E-state index contributed by atoms with van der Waals surface area (Å²) in [5.74, 6) is 0. The van der Waals surface area contributed by atoms with Gasteiger partial charge >= 0.3 is 0 Å². The Morgan fingerprint density at radius 3 is 1.53 bits per heavy atom. The molecule has 374 valence electrons. The predicted molar refractivity (Wildman–Crippen MR) is 312 cm³/mol. The zero-order valence-electron chi connectivity index (χ0n) is 46.9. The highest BCUT2D eigenvalue weighted by Crippen LogP contribution is 2.63. The van der Waals surface area contributed by atoms with Crippen molar-refractivity contribution in [3.63, 3.8) is 0 Å². The molecule has 6 aromatic rings. The van der Waals surface area contributed by atoms with Crippen LogP contribution in [0.15, 0.2) is 97.1 Å². The van der Waals surface area contributed by atoms with E-state index in [0.717, 1.165) is 25.7 Å². The van der Waals surface area contributed by atoms with E-state index in [9.17, 15) is 0 Å². The lowest BCUT2D eigenvalue weighted by Gasteiger charge is -2.49. The maximum atomic E-state index is 2.84. The van der Waals surface area contributed by atoms with Crippen LogP contribution < -0.4 is 31.1 Å². The summed E-state index contributed by atoms with van der Waals surface area (Å²) in [4.78, 5) is 8.42. The highest BCUT2D eigenvalue weighted by Gasteiger charge is 2.60. The number of hydrogen-bond acceptors (Lipinski definition) is 3.